The molecule has 2 N–H and O–H groups in total. The molecule has 0 spiro atoms. The molecule has 0 radical (unpaired) electrons. The number of rotatable bonds is 5. The van der Waals surface area contributed by atoms with Crippen LogP contribution in [0.4, 0.5) is 0 Å². The number of aliphatic hydroxyl groups excluding tert-OH is 1. The van der Waals surface area contributed by atoms with Crippen LogP contribution in [0, 0.1) is 0 Å². The van der Waals surface area contributed by atoms with E-state index in [0.29, 0.717) is 25.1 Å². The predicted molar refractivity (Wildman–Crippen MR) is 84.1 cm³/mol. The van der Waals surface area contributed by atoms with Crippen molar-refractivity contribution < 1.29 is 14.7 Å². The number of piperidine rings is 1. The van der Waals surface area contributed by atoms with E-state index in [1.165, 1.54) is 0 Å². The lowest BCUT2D eigenvalue weighted by Gasteiger charge is -2.34. The number of nitrogens with zero attached hydrogens (tertiary/aromatic N) is 1. The van der Waals surface area contributed by atoms with E-state index in [9.17, 15) is 14.7 Å². The quantitative estimate of drug-likeness (QED) is 0.868. The van der Waals surface area contributed by atoms with Crippen LogP contribution in [0.15, 0.2) is 30.3 Å². The molecular weight excluding hydrogens is 280 g/mol. The minimum Gasteiger partial charge on any atom is -0.378 e. The van der Waals surface area contributed by atoms with E-state index in [1.54, 1.807) is 29.2 Å². The molecule has 2 amide bonds. The molecule has 2 rings (SSSR count). The van der Waals surface area contributed by atoms with Gasteiger partial charge in [0.05, 0.1) is 0 Å². The van der Waals surface area contributed by atoms with Gasteiger partial charge in [-0.15, -0.1) is 0 Å². The molecular formula is C17H24N2O3. The van der Waals surface area contributed by atoms with E-state index < -0.39 is 6.10 Å². The third-order valence-electron chi connectivity index (χ3n) is 3.92. The molecule has 2 unspecified atom stereocenters. The van der Waals surface area contributed by atoms with E-state index in [-0.39, 0.29) is 17.9 Å². The van der Waals surface area contributed by atoms with Crippen LogP contribution in [0.3, 0.4) is 0 Å². The van der Waals surface area contributed by atoms with Crippen LogP contribution in [0.2, 0.25) is 0 Å². The van der Waals surface area contributed by atoms with Gasteiger partial charge in [-0.05, 0) is 24.8 Å². The first-order valence-electron chi connectivity index (χ1n) is 7.93. The third kappa shape index (κ3) is 4.31. The van der Waals surface area contributed by atoms with Gasteiger partial charge in [-0.1, -0.05) is 37.3 Å². The van der Waals surface area contributed by atoms with E-state index >= 15 is 0 Å². The SMILES string of the molecule is CCCC(=O)NC1CCCN(C(=O)C(O)c2ccccc2)C1. The molecule has 1 fully saturated rings. The highest BCUT2D eigenvalue weighted by molar-refractivity contribution is 5.82. The van der Waals surface area contributed by atoms with Gasteiger partial charge in [-0.3, -0.25) is 9.59 Å². The highest BCUT2D eigenvalue weighted by Crippen LogP contribution is 2.19. The summed E-state index contributed by atoms with van der Waals surface area (Å²) in [4.78, 5) is 25.7. The summed E-state index contributed by atoms with van der Waals surface area (Å²) in [5.74, 6) is -0.258. The van der Waals surface area contributed by atoms with Crippen LogP contribution in [0.25, 0.3) is 0 Å². The van der Waals surface area contributed by atoms with Crippen molar-refractivity contribution in [1.82, 2.24) is 10.2 Å². The van der Waals surface area contributed by atoms with Gasteiger partial charge >= 0.3 is 0 Å². The summed E-state index contributed by atoms with van der Waals surface area (Å²) in [7, 11) is 0. The van der Waals surface area contributed by atoms with Crippen LogP contribution in [-0.4, -0.2) is 41.0 Å². The van der Waals surface area contributed by atoms with E-state index in [2.05, 4.69) is 5.32 Å². The Bertz CT molecular complexity index is 504. The summed E-state index contributed by atoms with van der Waals surface area (Å²) in [6, 6.07) is 8.92. The van der Waals surface area contributed by atoms with Gasteiger partial charge in [-0.2, -0.15) is 0 Å². The van der Waals surface area contributed by atoms with E-state index in [1.807, 2.05) is 13.0 Å². The van der Waals surface area contributed by atoms with Gasteiger partial charge in [0.25, 0.3) is 5.91 Å². The standard InChI is InChI=1S/C17H24N2O3/c1-2-7-15(20)18-14-10-6-11-19(12-14)17(22)16(21)13-8-4-3-5-9-13/h3-5,8-9,14,16,21H,2,6-7,10-12H2,1H3,(H,18,20). The molecule has 1 aliphatic heterocycles. The molecule has 2 atom stereocenters. The normalized spacial score (nSPS) is 19.5. The molecule has 0 bridgehead atoms. The van der Waals surface area contributed by atoms with Crippen molar-refractivity contribution in [2.24, 2.45) is 0 Å². The van der Waals surface area contributed by atoms with Crippen molar-refractivity contribution in [2.45, 2.75) is 44.8 Å². The van der Waals surface area contributed by atoms with Crippen molar-refractivity contribution in [1.29, 1.82) is 0 Å². The molecule has 22 heavy (non-hydrogen) atoms. The largest absolute Gasteiger partial charge is 0.378 e. The first kappa shape index (κ1) is 16.5. The van der Waals surface area contributed by atoms with Crippen molar-refractivity contribution in [2.75, 3.05) is 13.1 Å². The maximum Gasteiger partial charge on any atom is 0.256 e. The van der Waals surface area contributed by atoms with Crippen LogP contribution < -0.4 is 5.32 Å². The summed E-state index contributed by atoms with van der Waals surface area (Å²) in [5.41, 5.74) is 0.602. The Morgan fingerprint density at radius 3 is 2.77 bits per heavy atom. The Hall–Kier alpha value is -1.88. The van der Waals surface area contributed by atoms with Crippen LogP contribution in [0.5, 0.6) is 0 Å². The number of hydrogen-bond donors (Lipinski definition) is 2. The number of benzene rings is 1. The number of nitrogens with one attached hydrogen (secondary N) is 1. The second-order valence-electron chi connectivity index (χ2n) is 5.75. The summed E-state index contributed by atoms with van der Waals surface area (Å²) in [6.07, 6.45) is 1.90. The average molecular weight is 304 g/mol. The summed E-state index contributed by atoms with van der Waals surface area (Å²) < 4.78 is 0. The second kappa shape index (κ2) is 7.94. The maximum absolute atomic E-state index is 12.4. The lowest BCUT2D eigenvalue weighted by molar-refractivity contribution is -0.142. The molecule has 1 aliphatic rings. The molecule has 1 saturated heterocycles. The monoisotopic (exact) mass is 304 g/mol. The summed E-state index contributed by atoms with van der Waals surface area (Å²) in [5, 5.41) is 13.2. The minimum atomic E-state index is -1.13. The van der Waals surface area contributed by atoms with Gasteiger partial charge in [0, 0.05) is 25.6 Å². The van der Waals surface area contributed by atoms with Crippen LogP contribution >= 0.6 is 0 Å². The third-order valence-corrected chi connectivity index (χ3v) is 3.92. The fraction of sp³-hybridized carbons (Fsp3) is 0.529. The Kier molecular flexibility index (Phi) is 5.95. The predicted octanol–water partition coefficient (Wildman–Crippen LogP) is 1.63. The van der Waals surface area contributed by atoms with Gasteiger partial charge in [0.1, 0.15) is 0 Å². The number of carbonyl (C=O) groups is 2. The minimum absolute atomic E-state index is 0.0141. The van der Waals surface area contributed by atoms with Gasteiger partial charge in [0.15, 0.2) is 6.10 Å². The highest BCUT2D eigenvalue weighted by atomic mass is 16.3. The van der Waals surface area contributed by atoms with E-state index in [0.717, 1.165) is 19.3 Å². The number of aliphatic hydroxyl groups is 1. The molecule has 0 aliphatic carbocycles. The lowest BCUT2D eigenvalue weighted by Crippen LogP contribution is -2.50. The van der Waals surface area contributed by atoms with Crippen molar-refractivity contribution in [3.8, 4) is 0 Å². The molecule has 0 aromatic heterocycles. The van der Waals surface area contributed by atoms with Gasteiger partial charge in [-0.25, -0.2) is 0 Å². The zero-order valence-electron chi connectivity index (χ0n) is 13.0. The van der Waals surface area contributed by atoms with Crippen molar-refractivity contribution in [3.63, 3.8) is 0 Å². The number of carbonyl (C=O) groups excluding carboxylic acids is 2. The van der Waals surface area contributed by atoms with E-state index in [4.69, 9.17) is 0 Å². The Morgan fingerprint density at radius 2 is 2.09 bits per heavy atom. The summed E-state index contributed by atoms with van der Waals surface area (Å²) in [6.45, 7) is 3.06. The molecule has 5 nitrogen and oxygen atoms in total. The Balaban J connectivity index is 1.94. The average Bonchev–Trinajstić information content (AvgIpc) is 2.54. The van der Waals surface area contributed by atoms with Crippen LogP contribution in [-0.2, 0) is 9.59 Å². The molecule has 1 aromatic carbocycles. The highest BCUT2D eigenvalue weighted by Gasteiger charge is 2.29. The fourth-order valence-corrected chi connectivity index (χ4v) is 2.77. The van der Waals surface area contributed by atoms with Crippen LogP contribution in [0.1, 0.15) is 44.3 Å². The first-order valence-corrected chi connectivity index (χ1v) is 7.93. The maximum atomic E-state index is 12.4. The number of likely N-dealkylation sites (tertiary alicyclic amines) is 1. The summed E-state index contributed by atoms with van der Waals surface area (Å²) >= 11 is 0. The molecule has 0 saturated carbocycles. The fourth-order valence-electron chi connectivity index (χ4n) is 2.77. The first-order chi connectivity index (χ1) is 10.6. The lowest BCUT2D eigenvalue weighted by atomic mass is 10.0. The molecule has 5 heteroatoms. The molecule has 120 valence electrons. The van der Waals surface area contributed by atoms with Crippen molar-refractivity contribution in [3.05, 3.63) is 35.9 Å². The molecule has 1 aromatic rings. The zero-order chi connectivity index (χ0) is 15.9. The smallest absolute Gasteiger partial charge is 0.256 e. The molecule has 1 heterocycles. The van der Waals surface area contributed by atoms with Gasteiger partial charge in [0.2, 0.25) is 5.91 Å². The van der Waals surface area contributed by atoms with Gasteiger partial charge < -0.3 is 15.3 Å². The number of hydrogen-bond acceptors (Lipinski definition) is 3. The number of amides is 2. The zero-order valence-corrected chi connectivity index (χ0v) is 13.0. The second-order valence-corrected chi connectivity index (χ2v) is 5.75. The Labute approximate surface area is 131 Å². The van der Waals surface area contributed by atoms with Crippen molar-refractivity contribution >= 4 is 11.8 Å². The Morgan fingerprint density at radius 1 is 1.36 bits per heavy atom. The topological polar surface area (TPSA) is 69.6 Å².